The number of methoxy groups -OCH3 is 1. The summed E-state index contributed by atoms with van der Waals surface area (Å²) in [6.07, 6.45) is 4.53. The molecular weight excluding hydrogens is 380 g/mol. The van der Waals surface area contributed by atoms with Gasteiger partial charge in [0.05, 0.1) is 24.8 Å². The highest BCUT2D eigenvalue weighted by Gasteiger charge is 2.30. The Bertz CT molecular complexity index is 926. The maximum Gasteiger partial charge on any atom is 0.221 e. The molecule has 1 amide bonds. The highest BCUT2D eigenvalue weighted by molar-refractivity contribution is 7.91. The minimum Gasteiger partial charge on any atom is -0.494 e. The Morgan fingerprint density at radius 2 is 2.18 bits per heavy atom. The summed E-state index contributed by atoms with van der Waals surface area (Å²) < 4.78 is 30.2. The molecule has 2 heterocycles. The second-order valence-corrected chi connectivity index (χ2v) is 9.26. The molecule has 0 radical (unpaired) electrons. The molecule has 0 saturated carbocycles. The summed E-state index contributed by atoms with van der Waals surface area (Å²) in [5.41, 5.74) is 1.71. The number of carbonyl (C=O) groups excluding carboxylic acids is 1. The van der Waals surface area contributed by atoms with E-state index < -0.39 is 9.84 Å². The van der Waals surface area contributed by atoms with Crippen LogP contribution < -0.4 is 10.1 Å². The van der Waals surface area contributed by atoms with Crippen molar-refractivity contribution in [2.24, 2.45) is 0 Å². The summed E-state index contributed by atoms with van der Waals surface area (Å²) in [4.78, 5) is 14.1. The van der Waals surface area contributed by atoms with Crippen LogP contribution in [0.5, 0.6) is 5.75 Å². The van der Waals surface area contributed by atoms with Crippen molar-refractivity contribution in [1.82, 2.24) is 20.0 Å². The van der Waals surface area contributed by atoms with Crippen molar-refractivity contribution in [1.29, 1.82) is 0 Å². The number of sulfone groups is 1. The number of carbonyl (C=O) groups is 1. The maximum absolute atomic E-state index is 12.1. The Balaban J connectivity index is 1.47. The Morgan fingerprint density at radius 1 is 1.39 bits per heavy atom. The van der Waals surface area contributed by atoms with E-state index in [1.165, 1.54) is 0 Å². The van der Waals surface area contributed by atoms with Gasteiger partial charge in [0.25, 0.3) is 0 Å². The number of para-hydroxylation sites is 2. The van der Waals surface area contributed by atoms with Gasteiger partial charge in [-0.15, -0.1) is 0 Å². The third kappa shape index (κ3) is 5.11. The Kier molecular flexibility index (Phi) is 6.35. The van der Waals surface area contributed by atoms with E-state index in [2.05, 4.69) is 10.4 Å². The molecule has 1 saturated heterocycles. The smallest absolute Gasteiger partial charge is 0.221 e. The van der Waals surface area contributed by atoms with E-state index in [1.54, 1.807) is 18.0 Å². The molecule has 8 nitrogen and oxygen atoms in total. The fourth-order valence-electron chi connectivity index (χ4n) is 3.27. The fourth-order valence-corrected chi connectivity index (χ4v) is 5.08. The van der Waals surface area contributed by atoms with Crippen LogP contribution in [0.25, 0.3) is 5.69 Å². The van der Waals surface area contributed by atoms with E-state index in [4.69, 9.17) is 4.74 Å². The molecule has 28 heavy (non-hydrogen) atoms. The van der Waals surface area contributed by atoms with E-state index in [0.29, 0.717) is 25.9 Å². The number of amides is 1. The Morgan fingerprint density at radius 3 is 2.89 bits per heavy atom. The highest BCUT2D eigenvalue weighted by Crippen LogP contribution is 2.21. The molecule has 2 aromatic rings. The molecule has 1 N–H and O–H groups in total. The van der Waals surface area contributed by atoms with Gasteiger partial charge in [-0.3, -0.25) is 4.79 Å². The lowest BCUT2D eigenvalue weighted by molar-refractivity contribution is -0.121. The van der Waals surface area contributed by atoms with E-state index in [1.807, 2.05) is 42.4 Å². The first-order chi connectivity index (χ1) is 13.4. The zero-order valence-corrected chi connectivity index (χ0v) is 17.0. The van der Waals surface area contributed by atoms with E-state index in [0.717, 1.165) is 17.0 Å². The molecule has 1 unspecified atom stereocenters. The molecule has 1 aliphatic heterocycles. The highest BCUT2D eigenvalue weighted by atomic mass is 32.2. The summed E-state index contributed by atoms with van der Waals surface area (Å²) in [7, 11) is 0.572. The van der Waals surface area contributed by atoms with Crippen molar-refractivity contribution in [3.8, 4) is 11.4 Å². The number of nitrogens with zero attached hydrogens (tertiary/aromatic N) is 3. The largest absolute Gasteiger partial charge is 0.494 e. The number of ether oxygens (including phenoxy) is 1. The fraction of sp³-hybridized carbons (Fsp3) is 0.474. The standard InChI is InChI=1S/C19H26N4O4S/c1-22(16-8-10-28(25,26)14-16)9-7-19(24)20-11-15-12-21-23(13-15)17-5-3-4-6-18(17)27-2/h3-6,12-13,16H,7-11,14H2,1-2H3,(H,20,24). The van der Waals surface area contributed by atoms with Crippen LogP contribution in [0.1, 0.15) is 18.4 Å². The van der Waals surface area contributed by atoms with Crippen molar-refractivity contribution in [2.45, 2.75) is 25.4 Å². The van der Waals surface area contributed by atoms with Crippen LogP contribution in [0.4, 0.5) is 0 Å². The average molecular weight is 407 g/mol. The lowest BCUT2D eigenvalue weighted by atomic mass is 10.2. The van der Waals surface area contributed by atoms with Gasteiger partial charge in [0.15, 0.2) is 9.84 Å². The lowest BCUT2D eigenvalue weighted by Crippen LogP contribution is -2.36. The third-order valence-electron chi connectivity index (χ3n) is 4.98. The number of aromatic nitrogens is 2. The van der Waals surface area contributed by atoms with Crippen molar-refractivity contribution in [2.75, 3.05) is 32.2 Å². The number of nitrogens with one attached hydrogen (secondary N) is 1. The lowest BCUT2D eigenvalue weighted by Gasteiger charge is -2.22. The van der Waals surface area contributed by atoms with Gasteiger partial charge in [-0.1, -0.05) is 12.1 Å². The SMILES string of the molecule is COc1ccccc1-n1cc(CNC(=O)CCN(C)C2CCS(=O)(=O)C2)cn1. The molecule has 1 fully saturated rings. The zero-order valence-electron chi connectivity index (χ0n) is 16.2. The van der Waals surface area contributed by atoms with Gasteiger partial charge in [0, 0.05) is 37.3 Å². The topological polar surface area (TPSA) is 93.5 Å². The molecule has 3 rings (SSSR count). The molecule has 0 bridgehead atoms. The van der Waals surface area contributed by atoms with Gasteiger partial charge < -0.3 is 15.0 Å². The van der Waals surface area contributed by atoms with E-state index in [-0.39, 0.29) is 23.5 Å². The van der Waals surface area contributed by atoms with Gasteiger partial charge in [0.2, 0.25) is 5.91 Å². The molecule has 9 heteroatoms. The maximum atomic E-state index is 12.1. The van der Waals surface area contributed by atoms with Crippen molar-refractivity contribution >= 4 is 15.7 Å². The summed E-state index contributed by atoms with van der Waals surface area (Å²) in [5.74, 6) is 1.08. The van der Waals surface area contributed by atoms with Crippen LogP contribution in [0.2, 0.25) is 0 Å². The van der Waals surface area contributed by atoms with E-state index >= 15 is 0 Å². The van der Waals surface area contributed by atoms with Crippen molar-refractivity contribution < 1.29 is 17.9 Å². The summed E-state index contributed by atoms with van der Waals surface area (Å²) >= 11 is 0. The first kappa shape index (κ1) is 20.3. The van der Waals surface area contributed by atoms with Crippen LogP contribution in [0, 0.1) is 0 Å². The van der Waals surface area contributed by atoms with Gasteiger partial charge >= 0.3 is 0 Å². The molecule has 1 atom stereocenters. The van der Waals surface area contributed by atoms with Crippen LogP contribution in [-0.4, -0.2) is 67.3 Å². The summed E-state index contributed by atoms with van der Waals surface area (Å²) in [6.45, 7) is 0.919. The van der Waals surface area contributed by atoms with Gasteiger partial charge in [-0.25, -0.2) is 13.1 Å². The van der Waals surface area contributed by atoms with Gasteiger partial charge in [-0.05, 0) is 25.6 Å². The number of rotatable bonds is 8. The van der Waals surface area contributed by atoms with Gasteiger partial charge in [-0.2, -0.15) is 5.10 Å². The predicted molar refractivity (Wildman–Crippen MR) is 106 cm³/mol. The first-order valence-corrected chi connectivity index (χ1v) is 11.0. The molecule has 0 aliphatic carbocycles. The minimum absolute atomic E-state index is 0.0110. The van der Waals surface area contributed by atoms with Crippen LogP contribution in [0.15, 0.2) is 36.7 Å². The number of benzene rings is 1. The summed E-state index contributed by atoms with van der Waals surface area (Å²) in [5, 5.41) is 7.22. The quantitative estimate of drug-likeness (QED) is 0.703. The van der Waals surface area contributed by atoms with Crippen LogP contribution in [0.3, 0.4) is 0 Å². The predicted octanol–water partition coefficient (Wildman–Crippen LogP) is 1.01. The normalized spacial score (nSPS) is 18.3. The summed E-state index contributed by atoms with van der Waals surface area (Å²) in [6, 6.07) is 7.59. The second-order valence-electron chi connectivity index (χ2n) is 7.03. The van der Waals surface area contributed by atoms with Gasteiger partial charge in [0.1, 0.15) is 11.4 Å². The number of hydrogen-bond acceptors (Lipinski definition) is 6. The third-order valence-corrected chi connectivity index (χ3v) is 6.73. The average Bonchev–Trinajstić information content (AvgIpc) is 3.30. The second kappa shape index (κ2) is 8.74. The molecule has 1 aliphatic rings. The Labute approximate surface area is 165 Å². The van der Waals surface area contributed by atoms with Crippen LogP contribution >= 0.6 is 0 Å². The molecule has 1 aromatic heterocycles. The first-order valence-electron chi connectivity index (χ1n) is 9.22. The van der Waals surface area contributed by atoms with Crippen LogP contribution in [-0.2, 0) is 21.2 Å². The number of hydrogen-bond donors (Lipinski definition) is 1. The van der Waals surface area contributed by atoms with E-state index in [9.17, 15) is 13.2 Å². The molecular formula is C19H26N4O4S. The zero-order chi connectivity index (χ0) is 20.1. The minimum atomic E-state index is -2.91. The molecule has 0 spiro atoms. The molecule has 152 valence electrons. The Hall–Kier alpha value is -2.39. The monoisotopic (exact) mass is 406 g/mol. The van der Waals surface area contributed by atoms with Crippen molar-refractivity contribution in [3.05, 3.63) is 42.2 Å². The molecule has 1 aromatic carbocycles. The van der Waals surface area contributed by atoms with Crippen molar-refractivity contribution in [3.63, 3.8) is 0 Å².